The fourth-order valence-electron chi connectivity index (χ4n) is 3.33. The van der Waals surface area contributed by atoms with Crippen LogP contribution >= 0.6 is 23.8 Å². The lowest BCUT2D eigenvalue weighted by Crippen LogP contribution is -2.51. The number of nitrogens with one attached hydrogen (secondary N) is 2. The normalized spacial score (nSPS) is 13.8. The maximum Gasteiger partial charge on any atom is 0.416 e. The Kier molecular flexibility index (Phi) is 6.90. The van der Waals surface area contributed by atoms with Crippen LogP contribution in [0.1, 0.15) is 16.7 Å². The number of alkyl halides is 3. The third-order valence-electron chi connectivity index (χ3n) is 5.11. The molecule has 0 saturated carbocycles. The number of hydrogen-bond acceptors (Lipinski definition) is 4. The average Bonchev–Trinajstić information content (AvgIpc) is 2.81. The maximum absolute atomic E-state index is 12.9. The predicted molar refractivity (Wildman–Crippen MR) is 130 cm³/mol. The van der Waals surface area contributed by atoms with Crippen LogP contribution in [0.2, 0.25) is 5.02 Å². The van der Waals surface area contributed by atoms with Gasteiger partial charge in [-0.2, -0.15) is 13.2 Å². The van der Waals surface area contributed by atoms with Crippen molar-refractivity contribution in [3.05, 3.63) is 94.0 Å². The molecule has 178 valence electrons. The number of ether oxygens (including phenoxy) is 1. The smallest absolute Gasteiger partial charge is 0.416 e. The van der Waals surface area contributed by atoms with Gasteiger partial charge in [0.25, 0.3) is 11.8 Å². The Hall–Kier alpha value is -3.69. The quantitative estimate of drug-likeness (QED) is 0.266. The highest BCUT2D eigenvalue weighted by molar-refractivity contribution is 7.80. The first kappa shape index (κ1) is 24.4. The minimum Gasteiger partial charge on any atom is -0.488 e. The minimum absolute atomic E-state index is 0.102. The molecule has 5 nitrogen and oxygen atoms in total. The topological polar surface area (TPSA) is 67.4 Å². The molecule has 1 fully saturated rings. The lowest BCUT2D eigenvalue weighted by atomic mass is 9.99. The van der Waals surface area contributed by atoms with Crippen LogP contribution in [0.25, 0.3) is 17.2 Å². The lowest BCUT2D eigenvalue weighted by Gasteiger charge is -2.17. The minimum atomic E-state index is -4.45. The Morgan fingerprint density at radius 1 is 0.886 bits per heavy atom. The molecular formula is C25H16ClF3N2O3S. The summed E-state index contributed by atoms with van der Waals surface area (Å²) in [6, 6.07) is 16.6. The first-order chi connectivity index (χ1) is 16.6. The first-order valence-electron chi connectivity index (χ1n) is 10.2. The molecule has 0 bridgehead atoms. The van der Waals surface area contributed by atoms with Crippen LogP contribution in [0.3, 0.4) is 0 Å². The summed E-state index contributed by atoms with van der Waals surface area (Å²) in [5, 5.41) is 5.20. The fraction of sp³-hybridized carbons (Fsp3) is 0.0800. The zero-order chi connectivity index (χ0) is 25.2. The van der Waals surface area contributed by atoms with E-state index in [1.807, 2.05) is 0 Å². The van der Waals surface area contributed by atoms with E-state index in [4.69, 9.17) is 28.6 Å². The third-order valence-corrected chi connectivity index (χ3v) is 5.56. The molecule has 0 unspecified atom stereocenters. The van der Waals surface area contributed by atoms with Crippen molar-refractivity contribution in [3.8, 4) is 16.9 Å². The molecule has 1 aliphatic rings. The van der Waals surface area contributed by atoms with Crippen LogP contribution in [0.4, 0.5) is 13.2 Å². The van der Waals surface area contributed by atoms with Crippen molar-refractivity contribution in [2.75, 3.05) is 0 Å². The highest BCUT2D eigenvalue weighted by Gasteiger charge is 2.30. The van der Waals surface area contributed by atoms with Crippen LogP contribution in [0, 0.1) is 0 Å². The number of rotatable bonds is 5. The highest BCUT2D eigenvalue weighted by atomic mass is 35.5. The molecular weight excluding hydrogens is 501 g/mol. The second-order valence-corrected chi connectivity index (χ2v) is 8.38. The average molecular weight is 517 g/mol. The number of amides is 2. The second-order valence-electron chi connectivity index (χ2n) is 7.54. The summed E-state index contributed by atoms with van der Waals surface area (Å²) in [6.07, 6.45) is -3.10. The molecule has 3 aromatic carbocycles. The van der Waals surface area contributed by atoms with E-state index in [0.717, 1.165) is 17.7 Å². The molecule has 0 aromatic heterocycles. The summed E-state index contributed by atoms with van der Waals surface area (Å²) in [5.41, 5.74) is 1.33. The van der Waals surface area contributed by atoms with Crippen LogP contribution in [0.15, 0.2) is 72.3 Å². The Morgan fingerprint density at radius 3 is 2.09 bits per heavy atom. The molecule has 3 aromatic rings. The monoisotopic (exact) mass is 516 g/mol. The Bertz CT molecular complexity index is 1320. The van der Waals surface area contributed by atoms with Crippen LogP contribution in [-0.2, 0) is 22.4 Å². The summed E-state index contributed by atoms with van der Waals surface area (Å²) in [6.45, 7) is 0.176. The van der Waals surface area contributed by atoms with Gasteiger partial charge in [-0.3, -0.25) is 20.2 Å². The molecule has 0 atom stereocenters. The van der Waals surface area contributed by atoms with Crippen molar-refractivity contribution >= 4 is 46.8 Å². The van der Waals surface area contributed by atoms with Crippen molar-refractivity contribution in [2.24, 2.45) is 0 Å². The fourth-order valence-corrected chi connectivity index (χ4v) is 3.64. The van der Waals surface area contributed by atoms with Gasteiger partial charge in [-0.25, -0.2) is 0 Å². The Morgan fingerprint density at radius 2 is 1.49 bits per heavy atom. The number of thiocarbonyl (C=S) groups is 1. The summed E-state index contributed by atoms with van der Waals surface area (Å²) >= 11 is 10.7. The number of hydrogen-bond donors (Lipinski definition) is 2. The second kappa shape index (κ2) is 9.89. The van der Waals surface area contributed by atoms with Gasteiger partial charge in [0, 0.05) is 10.6 Å². The number of benzene rings is 3. The first-order valence-corrected chi connectivity index (χ1v) is 11.0. The summed E-state index contributed by atoms with van der Waals surface area (Å²) in [7, 11) is 0. The zero-order valence-corrected chi connectivity index (χ0v) is 19.4. The molecule has 0 spiro atoms. The van der Waals surface area contributed by atoms with Crippen molar-refractivity contribution in [2.45, 2.75) is 12.8 Å². The van der Waals surface area contributed by atoms with Crippen molar-refractivity contribution in [3.63, 3.8) is 0 Å². The van der Waals surface area contributed by atoms with Crippen molar-refractivity contribution in [1.29, 1.82) is 0 Å². The van der Waals surface area contributed by atoms with Gasteiger partial charge in [0.05, 0.1) is 5.56 Å². The highest BCUT2D eigenvalue weighted by Crippen LogP contribution is 2.33. The van der Waals surface area contributed by atoms with E-state index in [-0.39, 0.29) is 17.3 Å². The van der Waals surface area contributed by atoms with Crippen LogP contribution in [-0.4, -0.2) is 16.9 Å². The van der Waals surface area contributed by atoms with E-state index in [0.29, 0.717) is 27.5 Å². The summed E-state index contributed by atoms with van der Waals surface area (Å²) in [4.78, 5) is 24.7. The molecule has 1 heterocycles. The van der Waals surface area contributed by atoms with E-state index in [9.17, 15) is 22.8 Å². The molecule has 2 N–H and O–H groups in total. The molecule has 1 saturated heterocycles. The molecule has 1 aliphatic heterocycles. The summed E-state index contributed by atoms with van der Waals surface area (Å²) in [5.74, 6) is -0.999. The van der Waals surface area contributed by atoms with E-state index < -0.39 is 23.6 Å². The molecule has 4 rings (SSSR count). The lowest BCUT2D eigenvalue weighted by molar-refractivity contribution is -0.137. The molecule has 2 amide bonds. The van der Waals surface area contributed by atoms with Gasteiger partial charge in [-0.1, -0.05) is 41.9 Å². The van der Waals surface area contributed by atoms with Gasteiger partial charge >= 0.3 is 6.18 Å². The van der Waals surface area contributed by atoms with Gasteiger partial charge in [0.15, 0.2) is 5.11 Å². The SMILES string of the molecule is O=C1NC(=S)NC(=O)C1=Cc1cc(-c2ccc(C(F)(F)F)cc2)ccc1OCc1ccc(Cl)cc1. The number of halogens is 4. The van der Waals surface area contributed by atoms with E-state index in [2.05, 4.69) is 10.6 Å². The van der Waals surface area contributed by atoms with Gasteiger partial charge in [-0.05, 0) is 71.4 Å². The maximum atomic E-state index is 12.9. The van der Waals surface area contributed by atoms with Crippen molar-refractivity contribution < 1.29 is 27.5 Å². The van der Waals surface area contributed by atoms with E-state index in [1.165, 1.54) is 18.2 Å². The largest absolute Gasteiger partial charge is 0.488 e. The van der Waals surface area contributed by atoms with Crippen LogP contribution in [0.5, 0.6) is 5.75 Å². The van der Waals surface area contributed by atoms with Crippen molar-refractivity contribution in [1.82, 2.24) is 10.6 Å². The standard InChI is InChI=1S/C25H16ClF3N2O3S/c26-19-8-1-14(2-9-19)13-34-21-10-5-16(15-3-6-18(7-4-15)25(27,28)29)11-17(21)12-20-22(32)30-24(35)31-23(20)33/h1-12H,13H2,(H2,30,31,32,33,35). The van der Waals surface area contributed by atoms with E-state index in [1.54, 1.807) is 42.5 Å². The van der Waals surface area contributed by atoms with Gasteiger partial charge < -0.3 is 4.74 Å². The Labute approximate surface area is 208 Å². The molecule has 0 radical (unpaired) electrons. The van der Waals surface area contributed by atoms with Gasteiger partial charge in [0.1, 0.15) is 17.9 Å². The zero-order valence-electron chi connectivity index (χ0n) is 17.8. The molecule has 0 aliphatic carbocycles. The number of carbonyl (C=O) groups excluding carboxylic acids is 2. The van der Waals surface area contributed by atoms with Gasteiger partial charge in [-0.15, -0.1) is 0 Å². The predicted octanol–water partition coefficient (Wildman–Crippen LogP) is 5.52. The third kappa shape index (κ3) is 5.87. The van der Waals surface area contributed by atoms with E-state index >= 15 is 0 Å². The van der Waals surface area contributed by atoms with Gasteiger partial charge in [0.2, 0.25) is 0 Å². The molecule has 10 heteroatoms. The molecule has 35 heavy (non-hydrogen) atoms. The number of carbonyl (C=O) groups is 2. The summed E-state index contributed by atoms with van der Waals surface area (Å²) < 4.78 is 44.7. The Balaban J connectivity index is 1.71. The van der Waals surface area contributed by atoms with Crippen LogP contribution < -0.4 is 15.4 Å².